The van der Waals surface area contributed by atoms with E-state index in [0.717, 1.165) is 24.0 Å². The fourth-order valence-corrected chi connectivity index (χ4v) is 2.82. The van der Waals surface area contributed by atoms with Crippen LogP contribution >= 0.6 is 0 Å². The molecule has 0 spiro atoms. The van der Waals surface area contributed by atoms with Gasteiger partial charge in [0.25, 0.3) is 0 Å². The SMILES string of the molecule is CCCC/C(C(=O)O)=C(\c1ccc(OC)cc1)c1ccc(OC(C)=O)cc1. The lowest BCUT2D eigenvalue weighted by atomic mass is 9.90. The van der Waals surface area contributed by atoms with Crippen LogP contribution in [-0.4, -0.2) is 24.2 Å². The molecule has 0 aliphatic heterocycles. The molecule has 1 N–H and O–H groups in total. The standard InChI is InChI=1S/C22H24O5/c1-4-5-6-20(22(24)25)21(16-7-11-18(26-3)12-8-16)17-9-13-19(14-10-17)27-15(2)23/h7-14H,4-6H2,1-3H3,(H,24,25)/b21-20-. The Labute approximate surface area is 159 Å². The molecule has 0 fully saturated rings. The van der Waals surface area contributed by atoms with Crippen LogP contribution in [0, 0.1) is 0 Å². The molecule has 5 heteroatoms. The van der Waals surface area contributed by atoms with E-state index in [0.29, 0.717) is 29.1 Å². The Balaban J connectivity index is 2.57. The highest BCUT2D eigenvalue weighted by Crippen LogP contribution is 2.32. The highest BCUT2D eigenvalue weighted by molar-refractivity contribution is 6.00. The van der Waals surface area contributed by atoms with Crippen molar-refractivity contribution >= 4 is 17.5 Å². The molecular formula is C22H24O5. The van der Waals surface area contributed by atoms with Gasteiger partial charge in [-0.05, 0) is 53.8 Å². The predicted molar refractivity (Wildman–Crippen MR) is 104 cm³/mol. The van der Waals surface area contributed by atoms with Crippen molar-refractivity contribution in [3.8, 4) is 11.5 Å². The van der Waals surface area contributed by atoms with Crippen molar-refractivity contribution in [2.75, 3.05) is 7.11 Å². The number of aliphatic carboxylic acids is 1. The van der Waals surface area contributed by atoms with Crippen LogP contribution in [0.4, 0.5) is 0 Å². The van der Waals surface area contributed by atoms with Crippen LogP contribution in [0.5, 0.6) is 11.5 Å². The highest BCUT2D eigenvalue weighted by Gasteiger charge is 2.18. The van der Waals surface area contributed by atoms with Crippen LogP contribution in [0.15, 0.2) is 54.1 Å². The van der Waals surface area contributed by atoms with Crippen LogP contribution in [-0.2, 0) is 9.59 Å². The van der Waals surface area contributed by atoms with Crippen LogP contribution in [0.2, 0.25) is 0 Å². The number of carboxylic acids is 1. The summed E-state index contributed by atoms with van der Waals surface area (Å²) in [5.74, 6) is -0.208. The van der Waals surface area contributed by atoms with E-state index in [1.54, 1.807) is 31.4 Å². The third-order valence-electron chi connectivity index (χ3n) is 4.12. The van der Waals surface area contributed by atoms with E-state index in [2.05, 4.69) is 0 Å². The van der Waals surface area contributed by atoms with Crippen molar-refractivity contribution in [1.29, 1.82) is 0 Å². The maximum absolute atomic E-state index is 12.0. The summed E-state index contributed by atoms with van der Waals surface area (Å²) >= 11 is 0. The van der Waals surface area contributed by atoms with Gasteiger partial charge in [-0.1, -0.05) is 37.6 Å². The number of carbonyl (C=O) groups is 2. The van der Waals surface area contributed by atoms with Crippen molar-refractivity contribution in [1.82, 2.24) is 0 Å². The molecule has 0 atom stereocenters. The Hall–Kier alpha value is -3.08. The molecule has 0 bridgehead atoms. The number of hydrogen-bond donors (Lipinski definition) is 1. The number of unbranched alkanes of at least 4 members (excludes halogenated alkanes) is 1. The van der Waals surface area contributed by atoms with E-state index < -0.39 is 11.9 Å². The van der Waals surface area contributed by atoms with Gasteiger partial charge in [0.1, 0.15) is 11.5 Å². The first-order valence-electron chi connectivity index (χ1n) is 8.86. The number of rotatable bonds is 8. The van der Waals surface area contributed by atoms with Gasteiger partial charge in [0.05, 0.1) is 7.11 Å². The third kappa shape index (κ3) is 5.45. The van der Waals surface area contributed by atoms with Gasteiger partial charge >= 0.3 is 11.9 Å². The number of methoxy groups -OCH3 is 1. The van der Waals surface area contributed by atoms with Crippen LogP contribution < -0.4 is 9.47 Å². The lowest BCUT2D eigenvalue weighted by molar-refractivity contribution is -0.133. The van der Waals surface area contributed by atoms with Crippen LogP contribution in [0.25, 0.3) is 5.57 Å². The average molecular weight is 368 g/mol. The second-order valence-electron chi connectivity index (χ2n) is 6.11. The summed E-state index contributed by atoms with van der Waals surface area (Å²) in [6.07, 6.45) is 2.16. The summed E-state index contributed by atoms with van der Waals surface area (Å²) in [6, 6.07) is 14.2. The third-order valence-corrected chi connectivity index (χ3v) is 4.12. The van der Waals surface area contributed by atoms with Gasteiger partial charge in [-0.25, -0.2) is 4.79 Å². The van der Waals surface area contributed by atoms with Crippen LogP contribution in [0.3, 0.4) is 0 Å². The van der Waals surface area contributed by atoms with E-state index in [4.69, 9.17) is 9.47 Å². The van der Waals surface area contributed by atoms with E-state index in [-0.39, 0.29) is 0 Å². The van der Waals surface area contributed by atoms with Gasteiger partial charge in [-0.2, -0.15) is 0 Å². The molecule has 2 aromatic carbocycles. The maximum atomic E-state index is 12.0. The molecule has 0 heterocycles. The number of esters is 1. The fourth-order valence-electron chi connectivity index (χ4n) is 2.82. The summed E-state index contributed by atoms with van der Waals surface area (Å²) in [7, 11) is 1.59. The topological polar surface area (TPSA) is 72.8 Å². The van der Waals surface area contributed by atoms with Gasteiger partial charge in [-0.3, -0.25) is 4.79 Å². The van der Waals surface area contributed by atoms with E-state index in [9.17, 15) is 14.7 Å². The molecule has 0 saturated heterocycles. The average Bonchev–Trinajstić information content (AvgIpc) is 2.65. The van der Waals surface area contributed by atoms with E-state index in [1.807, 2.05) is 31.2 Å². The lowest BCUT2D eigenvalue weighted by Gasteiger charge is -2.15. The molecule has 0 saturated carbocycles. The molecule has 142 valence electrons. The second-order valence-corrected chi connectivity index (χ2v) is 6.11. The summed E-state index contributed by atoms with van der Waals surface area (Å²) in [6.45, 7) is 3.37. The first-order chi connectivity index (χ1) is 13.0. The highest BCUT2D eigenvalue weighted by atomic mass is 16.5. The number of benzene rings is 2. The minimum absolute atomic E-state index is 0.363. The number of hydrogen-bond acceptors (Lipinski definition) is 4. The van der Waals surface area contributed by atoms with Crippen LogP contribution in [0.1, 0.15) is 44.2 Å². The summed E-state index contributed by atoms with van der Waals surface area (Å²) in [5, 5.41) is 9.82. The van der Waals surface area contributed by atoms with Crippen molar-refractivity contribution in [3.63, 3.8) is 0 Å². The maximum Gasteiger partial charge on any atom is 0.332 e. The zero-order valence-electron chi connectivity index (χ0n) is 15.8. The zero-order valence-corrected chi connectivity index (χ0v) is 15.8. The number of ether oxygens (including phenoxy) is 2. The molecular weight excluding hydrogens is 344 g/mol. The van der Waals surface area contributed by atoms with Gasteiger partial charge in [0.2, 0.25) is 0 Å². The lowest BCUT2D eigenvalue weighted by Crippen LogP contribution is -2.06. The molecule has 0 radical (unpaired) electrons. The normalized spacial score (nSPS) is 11.5. The summed E-state index contributed by atoms with van der Waals surface area (Å²) in [4.78, 5) is 23.1. The minimum Gasteiger partial charge on any atom is -0.497 e. The zero-order chi connectivity index (χ0) is 19.8. The second kappa shape index (κ2) is 9.57. The molecule has 2 aromatic rings. The quantitative estimate of drug-likeness (QED) is 0.415. The molecule has 0 aliphatic carbocycles. The molecule has 0 aromatic heterocycles. The monoisotopic (exact) mass is 368 g/mol. The number of carboxylic acid groups (broad SMARTS) is 1. The molecule has 2 rings (SSSR count). The van der Waals surface area contributed by atoms with Gasteiger partial charge < -0.3 is 14.6 Å². The first kappa shape index (κ1) is 20.2. The molecule has 27 heavy (non-hydrogen) atoms. The summed E-state index contributed by atoms with van der Waals surface area (Å²) in [5.41, 5.74) is 2.57. The first-order valence-corrected chi connectivity index (χ1v) is 8.86. The Kier molecular flexibility index (Phi) is 7.17. The molecule has 5 nitrogen and oxygen atoms in total. The summed E-state index contributed by atoms with van der Waals surface area (Å²) < 4.78 is 10.3. The molecule has 0 unspecified atom stereocenters. The van der Waals surface area contributed by atoms with Crippen molar-refractivity contribution in [2.45, 2.75) is 33.1 Å². The van der Waals surface area contributed by atoms with Crippen molar-refractivity contribution in [3.05, 3.63) is 65.2 Å². The minimum atomic E-state index is -0.932. The molecule has 0 aliphatic rings. The van der Waals surface area contributed by atoms with Gasteiger partial charge in [0, 0.05) is 12.5 Å². The van der Waals surface area contributed by atoms with Gasteiger partial charge in [0.15, 0.2) is 0 Å². The predicted octanol–water partition coefficient (Wildman–Crippen LogP) is 4.70. The Morgan fingerprint density at radius 3 is 1.85 bits per heavy atom. The fraction of sp³-hybridized carbons (Fsp3) is 0.273. The van der Waals surface area contributed by atoms with Gasteiger partial charge in [-0.15, -0.1) is 0 Å². The largest absolute Gasteiger partial charge is 0.497 e. The van der Waals surface area contributed by atoms with E-state index in [1.165, 1.54) is 6.92 Å². The Morgan fingerprint density at radius 1 is 0.926 bits per heavy atom. The molecule has 0 amide bonds. The number of carbonyl (C=O) groups excluding carboxylic acids is 1. The van der Waals surface area contributed by atoms with E-state index >= 15 is 0 Å². The smallest absolute Gasteiger partial charge is 0.332 e. The Morgan fingerprint density at radius 2 is 1.44 bits per heavy atom. The van der Waals surface area contributed by atoms with Crippen molar-refractivity contribution < 1.29 is 24.2 Å². The Bertz CT molecular complexity index is 817. The van der Waals surface area contributed by atoms with Crippen molar-refractivity contribution in [2.24, 2.45) is 0 Å².